The first-order valence-electron chi connectivity index (χ1n) is 6.09. The van der Waals surface area contributed by atoms with Gasteiger partial charge in [-0.05, 0) is 31.0 Å². The molecule has 1 saturated heterocycles. The highest BCUT2D eigenvalue weighted by atomic mass is 35.5. The molecule has 1 atom stereocenters. The summed E-state index contributed by atoms with van der Waals surface area (Å²) >= 11 is 5.83. The average Bonchev–Trinajstić information content (AvgIpc) is 2.39. The standard InChI is InChI=1S/C11H18ClN5O/c1-17(7-8-5-3-4-6-13-8)10-14-9(12)15-11(16-10)18-2/h8,13H,3-7H2,1-2H3. The van der Waals surface area contributed by atoms with Crippen LogP contribution in [0.25, 0.3) is 0 Å². The average molecular weight is 272 g/mol. The zero-order valence-corrected chi connectivity index (χ0v) is 11.4. The number of hydrogen-bond donors (Lipinski definition) is 1. The van der Waals surface area contributed by atoms with Crippen LogP contribution in [0.5, 0.6) is 6.01 Å². The van der Waals surface area contributed by atoms with Crippen LogP contribution in [0.1, 0.15) is 19.3 Å². The van der Waals surface area contributed by atoms with Crippen molar-refractivity contribution < 1.29 is 4.74 Å². The number of rotatable bonds is 4. The van der Waals surface area contributed by atoms with Crippen molar-refractivity contribution in [2.24, 2.45) is 0 Å². The highest BCUT2D eigenvalue weighted by Crippen LogP contribution is 2.15. The summed E-state index contributed by atoms with van der Waals surface area (Å²) in [6, 6.07) is 0.721. The lowest BCUT2D eigenvalue weighted by Gasteiger charge is -2.28. The highest BCUT2D eigenvalue weighted by molar-refractivity contribution is 6.28. The molecular formula is C11H18ClN5O. The van der Waals surface area contributed by atoms with E-state index in [1.54, 1.807) is 0 Å². The van der Waals surface area contributed by atoms with E-state index < -0.39 is 0 Å². The Morgan fingerprint density at radius 1 is 1.39 bits per heavy atom. The molecule has 1 fully saturated rings. The summed E-state index contributed by atoms with van der Waals surface area (Å²) < 4.78 is 4.99. The van der Waals surface area contributed by atoms with Gasteiger partial charge >= 0.3 is 6.01 Å². The van der Waals surface area contributed by atoms with Crippen molar-refractivity contribution in [3.63, 3.8) is 0 Å². The van der Waals surface area contributed by atoms with Crippen molar-refractivity contribution in [3.05, 3.63) is 5.28 Å². The fourth-order valence-corrected chi connectivity index (χ4v) is 2.22. The number of ether oxygens (including phenoxy) is 1. The zero-order valence-electron chi connectivity index (χ0n) is 10.7. The van der Waals surface area contributed by atoms with Gasteiger partial charge in [0.25, 0.3) is 0 Å². The third-order valence-corrected chi connectivity index (χ3v) is 3.18. The summed E-state index contributed by atoms with van der Waals surface area (Å²) in [5.74, 6) is 0.541. The van der Waals surface area contributed by atoms with Gasteiger partial charge in [-0.25, -0.2) is 0 Å². The Balaban J connectivity index is 2.02. The number of nitrogens with zero attached hydrogens (tertiary/aromatic N) is 4. The molecule has 6 nitrogen and oxygen atoms in total. The van der Waals surface area contributed by atoms with E-state index in [4.69, 9.17) is 16.3 Å². The van der Waals surface area contributed by atoms with Gasteiger partial charge in [-0.2, -0.15) is 15.0 Å². The lowest BCUT2D eigenvalue weighted by atomic mass is 10.1. The number of aromatic nitrogens is 3. The van der Waals surface area contributed by atoms with Gasteiger partial charge in [0.1, 0.15) is 0 Å². The van der Waals surface area contributed by atoms with Crippen LogP contribution in [0.15, 0.2) is 0 Å². The fourth-order valence-electron chi connectivity index (χ4n) is 2.08. The highest BCUT2D eigenvalue weighted by Gasteiger charge is 2.17. The molecule has 1 aromatic heterocycles. The van der Waals surface area contributed by atoms with E-state index in [0.717, 1.165) is 13.1 Å². The molecule has 18 heavy (non-hydrogen) atoms. The van der Waals surface area contributed by atoms with E-state index in [1.165, 1.54) is 26.4 Å². The molecule has 1 aromatic rings. The molecule has 1 N–H and O–H groups in total. The molecular weight excluding hydrogens is 254 g/mol. The van der Waals surface area contributed by atoms with E-state index in [2.05, 4.69) is 20.3 Å². The first kappa shape index (κ1) is 13.3. The van der Waals surface area contributed by atoms with E-state index in [-0.39, 0.29) is 11.3 Å². The monoisotopic (exact) mass is 271 g/mol. The van der Waals surface area contributed by atoms with Gasteiger partial charge in [0.05, 0.1) is 7.11 Å². The number of likely N-dealkylation sites (N-methyl/N-ethyl adjacent to an activating group) is 1. The summed E-state index contributed by atoms with van der Waals surface area (Å²) in [4.78, 5) is 14.1. The predicted octanol–water partition coefficient (Wildman–Crippen LogP) is 1.11. The molecule has 1 aliphatic heterocycles. The van der Waals surface area contributed by atoms with Gasteiger partial charge in [0, 0.05) is 19.6 Å². The van der Waals surface area contributed by atoms with E-state index in [1.807, 2.05) is 11.9 Å². The molecule has 0 amide bonds. The topological polar surface area (TPSA) is 63.2 Å². The number of nitrogens with one attached hydrogen (secondary N) is 1. The van der Waals surface area contributed by atoms with Gasteiger partial charge in [-0.15, -0.1) is 0 Å². The van der Waals surface area contributed by atoms with Crippen LogP contribution in [0.3, 0.4) is 0 Å². The minimum absolute atomic E-state index is 0.153. The number of halogens is 1. The Hall–Kier alpha value is -1.14. The van der Waals surface area contributed by atoms with Gasteiger partial charge in [-0.1, -0.05) is 6.42 Å². The second kappa shape index (κ2) is 6.15. The Kier molecular flexibility index (Phi) is 4.54. The quantitative estimate of drug-likeness (QED) is 0.885. The fraction of sp³-hybridized carbons (Fsp3) is 0.727. The molecule has 100 valence electrons. The first-order valence-corrected chi connectivity index (χ1v) is 6.47. The molecule has 0 saturated carbocycles. The van der Waals surface area contributed by atoms with Crippen molar-refractivity contribution in [2.45, 2.75) is 25.3 Å². The molecule has 2 rings (SSSR count). The number of piperidine rings is 1. The van der Waals surface area contributed by atoms with Gasteiger partial charge in [-0.3, -0.25) is 0 Å². The third kappa shape index (κ3) is 3.43. The van der Waals surface area contributed by atoms with Crippen LogP contribution in [0.4, 0.5) is 5.95 Å². The Labute approximate surface area is 112 Å². The maximum atomic E-state index is 5.83. The van der Waals surface area contributed by atoms with Crippen LogP contribution in [0, 0.1) is 0 Å². The summed E-state index contributed by atoms with van der Waals surface area (Å²) in [6.45, 7) is 1.93. The van der Waals surface area contributed by atoms with Crippen LogP contribution >= 0.6 is 11.6 Å². The molecule has 0 aromatic carbocycles. The smallest absolute Gasteiger partial charge is 0.322 e. The third-order valence-electron chi connectivity index (χ3n) is 3.01. The van der Waals surface area contributed by atoms with Crippen molar-refractivity contribution >= 4 is 17.5 Å². The van der Waals surface area contributed by atoms with Gasteiger partial charge in [0.15, 0.2) is 0 Å². The largest absolute Gasteiger partial charge is 0.467 e. The van der Waals surface area contributed by atoms with Gasteiger partial charge in [0.2, 0.25) is 11.2 Å². The molecule has 0 radical (unpaired) electrons. The maximum absolute atomic E-state index is 5.83. The zero-order chi connectivity index (χ0) is 13.0. The van der Waals surface area contributed by atoms with Crippen molar-refractivity contribution in [2.75, 3.05) is 32.1 Å². The predicted molar refractivity (Wildman–Crippen MR) is 70.3 cm³/mol. The molecule has 0 spiro atoms. The van der Waals surface area contributed by atoms with Crippen LogP contribution in [-0.4, -0.2) is 48.2 Å². The van der Waals surface area contributed by atoms with Crippen molar-refractivity contribution in [1.29, 1.82) is 0 Å². The minimum atomic E-state index is 0.153. The normalized spacial score (nSPS) is 19.6. The maximum Gasteiger partial charge on any atom is 0.322 e. The Bertz CT molecular complexity index is 397. The van der Waals surface area contributed by atoms with Crippen molar-refractivity contribution in [3.8, 4) is 6.01 Å². The first-order chi connectivity index (χ1) is 8.69. The lowest BCUT2D eigenvalue weighted by Crippen LogP contribution is -2.43. The Morgan fingerprint density at radius 2 is 2.22 bits per heavy atom. The molecule has 1 unspecified atom stereocenters. The second-order valence-corrected chi connectivity index (χ2v) is 4.76. The van der Waals surface area contributed by atoms with Crippen LogP contribution in [0.2, 0.25) is 5.28 Å². The molecule has 0 aliphatic carbocycles. The minimum Gasteiger partial charge on any atom is -0.467 e. The lowest BCUT2D eigenvalue weighted by molar-refractivity contribution is 0.376. The summed E-state index contributed by atoms with van der Waals surface area (Å²) in [5.41, 5.74) is 0. The number of anilines is 1. The summed E-state index contributed by atoms with van der Waals surface area (Å²) in [5, 5.41) is 3.64. The summed E-state index contributed by atoms with van der Waals surface area (Å²) in [6.07, 6.45) is 3.71. The van der Waals surface area contributed by atoms with Gasteiger partial charge < -0.3 is 15.0 Å². The van der Waals surface area contributed by atoms with E-state index >= 15 is 0 Å². The van der Waals surface area contributed by atoms with Crippen molar-refractivity contribution in [1.82, 2.24) is 20.3 Å². The van der Waals surface area contributed by atoms with E-state index in [9.17, 15) is 0 Å². The summed E-state index contributed by atoms with van der Waals surface area (Å²) in [7, 11) is 3.46. The Morgan fingerprint density at radius 3 is 2.89 bits per heavy atom. The van der Waals surface area contributed by atoms with E-state index in [0.29, 0.717) is 12.0 Å². The van der Waals surface area contributed by atoms with Crippen LogP contribution in [-0.2, 0) is 0 Å². The molecule has 1 aliphatic rings. The number of hydrogen-bond acceptors (Lipinski definition) is 6. The molecule has 0 bridgehead atoms. The second-order valence-electron chi connectivity index (χ2n) is 4.42. The molecule has 7 heteroatoms. The van der Waals surface area contributed by atoms with Crippen LogP contribution < -0.4 is 15.0 Å². The molecule has 2 heterocycles. The number of methoxy groups -OCH3 is 1. The SMILES string of the molecule is COc1nc(Cl)nc(N(C)CC2CCCCN2)n1.